The summed E-state index contributed by atoms with van der Waals surface area (Å²) in [6.07, 6.45) is 1.64. The minimum absolute atomic E-state index is 0.185. The Morgan fingerprint density at radius 3 is 2.59 bits per heavy atom. The lowest BCUT2D eigenvalue weighted by Crippen LogP contribution is -2.29. The van der Waals surface area contributed by atoms with Gasteiger partial charge in [0.25, 0.3) is 5.91 Å². The Balaban J connectivity index is 1.50. The lowest BCUT2D eigenvalue weighted by molar-refractivity contribution is 0.0950. The summed E-state index contributed by atoms with van der Waals surface area (Å²) in [5.41, 5.74) is 3.31. The molecule has 1 aliphatic heterocycles. The van der Waals surface area contributed by atoms with E-state index < -0.39 is 10.8 Å². The molecule has 4 rings (SSSR count). The lowest BCUT2D eigenvalue weighted by atomic mass is 10.1. The van der Waals surface area contributed by atoms with Crippen molar-refractivity contribution in [3.63, 3.8) is 0 Å². The molecule has 0 saturated carbocycles. The van der Waals surface area contributed by atoms with Crippen LogP contribution in [0.1, 0.15) is 22.8 Å². The number of amides is 1. The highest BCUT2D eigenvalue weighted by atomic mass is 32.2. The van der Waals surface area contributed by atoms with E-state index >= 15 is 0 Å². The maximum absolute atomic E-state index is 12.8. The number of ether oxygens (including phenoxy) is 3. The molecule has 0 fully saturated rings. The first-order chi connectivity index (χ1) is 16.5. The lowest BCUT2D eigenvalue weighted by Gasteiger charge is -2.32. The summed E-state index contributed by atoms with van der Waals surface area (Å²) in [7, 11) is 0.601. The molecule has 3 aromatic carbocycles. The Morgan fingerprint density at radius 2 is 1.88 bits per heavy atom. The minimum Gasteiger partial charge on any atom is -0.493 e. The molecule has 7 nitrogen and oxygen atoms in total. The third-order valence-electron chi connectivity index (χ3n) is 5.55. The van der Waals surface area contributed by atoms with Gasteiger partial charge in [-0.1, -0.05) is 12.1 Å². The van der Waals surface area contributed by atoms with E-state index in [9.17, 15) is 9.00 Å². The molecule has 1 unspecified atom stereocenters. The number of nitrogens with one attached hydrogen (secondary N) is 1. The summed E-state index contributed by atoms with van der Waals surface area (Å²) in [5.74, 6) is 1.84. The van der Waals surface area contributed by atoms with Gasteiger partial charge in [-0.2, -0.15) is 0 Å². The van der Waals surface area contributed by atoms with Crippen LogP contribution in [0.2, 0.25) is 0 Å². The van der Waals surface area contributed by atoms with Crippen LogP contribution in [-0.2, 0) is 17.3 Å². The molecule has 0 spiro atoms. The van der Waals surface area contributed by atoms with Crippen LogP contribution >= 0.6 is 0 Å². The average Bonchev–Trinajstić information content (AvgIpc) is 2.87. The standard InChI is InChI=1S/C26H28N2O5S/c1-4-32-25-16-20(8-12-23(25)31-2)28-13-14-33-24-15-19(7-11-22(24)28)26(29)27-17-18-5-9-21(10-6-18)34(3)30/h5-12,15-16H,4,13-14,17H2,1-3H3,(H,27,29). The normalized spacial score (nSPS) is 13.4. The van der Waals surface area contributed by atoms with Crippen molar-refractivity contribution in [3.05, 3.63) is 71.8 Å². The summed E-state index contributed by atoms with van der Waals surface area (Å²) in [5, 5.41) is 2.93. The van der Waals surface area contributed by atoms with Crippen LogP contribution in [0.15, 0.2) is 65.6 Å². The minimum atomic E-state index is -1.02. The highest BCUT2D eigenvalue weighted by molar-refractivity contribution is 7.84. The van der Waals surface area contributed by atoms with Crippen LogP contribution in [0.5, 0.6) is 17.2 Å². The molecule has 34 heavy (non-hydrogen) atoms. The summed E-state index contributed by atoms with van der Waals surface area (Å²) in [6.45, 7) is 4.03. The third-order valence-corrected chi connectivity index (χ3v) is 6.49. The number of anilines is 2. The first-order valence-electron chi connectivity index (χ1n) is 11.1. The molecule has 1 aliphatic rings. The number of carbonyl (C=O) groups is 1. The van der Waals surface area contributed by atoms with Crippen LogP contribution in [-0.4, -0.2) is 43.2 Å². The molecular formula is C26H28N2O5S. The fourth-order valence-electron chi connectivity index (χ4n) is 3.81. The number of hydrogen-bond donors (Lipinski definition) is 1. The van der Waals surface area contributed by atoms with Crippen LogP contribution in [0.4, 0.5) is 11.4 Å². The number of rotatable bonds is 8. The van der Waals surface area contributed by atoms with Crippen molar-refractivity contribution < 1.29 is 23.2 Å². The van der Waals surface area contributed by atoms with Gasteiger partial charge in [-0.15, -0.1) is 0 Å². The third kappa shape index (κ3) is 5.17. The molecule has 1 N–H and O–H groups in total. The number of nitrogens with zero attached hydrogens (tertiary/aromatic N) is 1. The van der Waals surface area contributed by atoms with Gasteiger partial charge in [0.05, 0.1) is 25.9 Å². The zero-order valence-corrected chi connectivity index (χ0v) is 20.3. The van der Waals surface area contributed by atoms with E-state index in [1.807, 2.05) is 55.5 Å². The van der Waals surface area contributed by atoms with Gasteiger partial charge in [0.1, 0.15) is 12.4 Å². The predicted octanol–water partition coefficient (Wildman–Crippen LogP) is 4.29. The number of carbonyl (C=O) groups excluding carboxylic acids is 1. The van der Waals surface area contributed by atoms with E-state index in [-0.39, 0.29) is 5.91 Å². The van der Waals surface area contributed by atoms with Gasteiger partial charge in [-0.05, 0) is 55.0 Å². The molecule has 0 aliphatic carbocycles. The van der Waals surface area contributed by atoms with Crippen molar-refractivity contribution in [2.45, 2.75) is 18.4 Å². The van der Waals surface area contributed by atoms with Gasteiger partial charge in [0.15, 0.2) is 11.5 Å². The van der Waals surface area contributed by atoms with Crippen molar-refractivity contribution in [2.24, 2.45) is 0 Å². The molecule has 0 bridgehead atoms. The summed E-state index contributed by atoms with van der Waals surface area (Å²) >= 11 is 0. The van der Waals surface area contributed by atoms with E-state index in [4.69, 9.17) is 14.2 Å². The van der Waals surface area contributed by atoms with E-state index in [1.54, 1.807) is 25.5 Å². The van der Waals surface area contributed by atoms with Gasteiger partial charge < -0.3 is 24.4 Å². The van der Waals surface area contributed by atoms with Crippen LogP contribution in [0.25, 0.3) is 0 Å². The van der Waals surface area contributed by atoms with Crippen molar-refractivity contribution in [3.8, 4) is 17.2 Å². The monoisotopic (exact) mass is 480 g/mol. The van der Waals surface area contributed by atoms with E-state index in [0.717, 1.165) is 21.8 Å². The largest absolute Gasteiger partial charge is 0.493 e. The fraction of sp³-hybridized carbons (Fsp3) is 0.269. The number of hydrogen-bond acceptors (Lipinski definition) is 6. The Morgan fingerprint density at radius 1 is 1.09 bits per heavy atom. The fourth-order valence-corrected chi connectivity index (χ4v) is 4.33. The molecule has 178 valence electrons. The van der Waals surface area contributed by atoms with Gasteiger partial charge in [-0.3, -0.25) is 9.00 Å². The number of benzene rings is 3. The Kier molecular flexibility index (Phi) is 7.37. The summed E-state index contributed by atoms with van der Waals surface area (Å²) in [4.78, 5) is 15.7. The van der Waals surface area contributed by atoms with Gasteiger partial charge in [0, 0.05) is 45.8 Å². The van der Waals surface area contributed by atoms with Crippen molar-refractivity contribution in [1.29, 1.82) is 0 Å². The van der Waals surface area contributed by atoms with Crippen molar-refractivity contribution in [1.82, 2.24) is 5.32 Å². The second-order valence-corrected chi connectivity index (χ2v) is 9.11. The van der Waals surface area contributed by atoms with Crippen LogP contribution < -0.4 is 24.4 Å². The average molecular weight is 481 g/mol. The second-order valence-electron chi connectivity index (χ2n) is 7.73. The maximum atomic E-state index is 12.8. The Hall–Kier alpha value is -3.52. The molecule has 3 aromatic rings. The first-order valence-corrected chi connectivity index (χ1v) is 12.6. The zero-order valence-electron chi connectivity index (χ0n) is 19.5. The molecule has 1 atom stereocenters. The van der Waals surface area contributed by atoms with Crippen molar-refractivity contribution >= 4 is 28.1 Å². The number of fused-ring (bicyclic) bond motifs is 1. The molecule has 0 aromatic heterocycles. The maximum Gasteiger partial charge on any atom is 0.251 e. The van der Waals surface area contributed by atoms with Crippen LogP contribution in [0, 0.1) is 0 Å². The smallest absolute Gasteiger partial charge is 0.251 e. The molecule has 1 heterocycles. The zero-order chi connectivity index (χ0) is 24.1. The molecule has 1 amide bonds. The highest BCUT2D eigenvalue weighted by Crippen LogP contribution is 2.40. The van der Waals surface area contributed by atoms with Gasteiger partial charge in [0.2, 0.25) is 0 Å². The summed E-state index contributed by atoms with van der Waals surface area (Å²) in [6, 6.07) is 18.7. The Labute approximate surface area is 202 Å². The molecule has 0 radical (unpaired) electrons. The Bertz CT molecular complexity index is 1200. The summed E-state index contributed by atoms with van der Waals surface area (Å²) < 4.78 is 28.5. The van der Waals surface area contributed by atoms with Crippen LogP contribution in [0.3, 0.4) is 0 Å². The second kappa shape index (κ2) is 10.6. The molecule has 8 heteroatoms. The van der Waals surface area contributed by atoms with Crippen molar-refractivity contribution in [2.75, 3.05) is 38.0 Å². The molecule has 0 saturated heterocycles. The van der Waals surface area contributed by atoms with Gasteiger partial charge in [-0.25, -0.2) is 0 Å². The number of methoxy groups -OCH3 is 1. The SMILES string of the molecule is CCOc1cc(N2CCOc3cc(C(=O)NCc4ccc(S(C)=O)cc4)ccc32)ccc1OC. The molecular weight excluding hydrogens is 452 g/mol. The first kappa shape index (κ1) is 23.6. The van der Waals surface area contributed by atoms with E-state index in [0.29, 0.717) is 49.1 Å². The van der Waals surface area contributed by atoms with E-state index in [1.165, 1.54) is 0 Å². The topological polar surface area (TPSA) is 77.1 Å². The predicted molar refractivity (Wildman–Crippen MR) is 133 cm³/mol. The quantitative estimate of drug-likeness (QED) is 0.518. The van der Waals surface area contributed by atoms with Gasteiger partial charge >= 0.3 is 0 Å². The highest BCUT2D eigenvalue weighted by Gasteiger charge is 2.22. The van der Waals surface area contributed by atoms with E-state index in [2.05, 4.69) is 10.2 Å².